The van der Waals surface area contributed by atoms with Gasteiger partial charge < -0.3 is 5.32 Å². The number of nitrogens with one attached hydrogen (secondary N) is 1. The zero-order valence-electron chi connectivity index (χ0n) is 12.3. The molecule has 1 N–H and O–H groups in total. The summed E-state index contributed by atoms with van der Waals surface area (Å²) in [6, 6.07) is 10.8. The normalized spacial score (nSPS) is 11.8. The average Bonchev–Trinajstić information content (AvgIpc) is 2.73. The van der Waals surface area contributed by atoms with Gasteiger partial charge in [0, 0.05) is 18.3 Å². The van der Waals surface area contributed by atoms with Crippen molar-refractivity contribution >= 4 is 0 Å². The Morgan fingerprint density at radius 1 is 1.05 bits per heavy atom. The molecule has 0 amide bonds. The van der Waals surface area contributed by atoms with Gasteiger partial charge in [0.2, 0.25) is 0 Å². The summed E-state index contributed by atoms with van der Waals surface area (Å²) in [5.74, 6) is 0. The molecule has 0 bridgehead atoms. The lowest BCUT2D eigenvalue weighted by Gasteiger charge is -2.20. The highest BCUT2D eigenvalue weighted by Gasteiger charge is 2.08. The highest BCUT2D eigenvalue weighted by molar-refractivity contribution is 5.22. The fraction of sp³-hybridized carbons (Fsp3) is 0.438. The Hall–Kier alpha value is -1.61. The van der Waals surface area contributed by atoms with Crippen LogP contribution < -0.4 is 5.32 Å². The number of aromatic nitrogens is 2. The zero-order chi connectivity index (χ0) is 13.9. The fourth-order valence-corrected chi connectivity index (χ4v) is 1.87. The smallest absolute Gasteiger partial charge is 0.0659 e. The lowest BCUT2D eigenvalue weighted by Crippen LogP contribution is -2.35. The first-order valence-electron chi connectivity index (χ1n) is 6.75. The van der Waals surface area contributed by atoms with Crippen molar-refractivity contribution in [2.45, 2.75) is 46.3 Å². The Labute approximate surface area is 115 Å². The summed E-state index contributed by atoms with van der Waals surface area (Å²) in [7, 11) is 0. The largest absolute Gasteiger partial charge is 0.308 e. The van der Waals surface area contributed by atoms with E-state index in [9.17, 15) is 0 Å². The summed E-state index contributed by atoms with van der Waals surface area (Å²) in [6.07, 6.45) is 2.02. The van der Waals surface area contributed by atoms with Crippen molar-refractivity contribution in [3.63, 3.8) is 0 Å². The van der Waals surface area contributed by atoms with Gasteiger partial charge in [-0.25, -0.2) is 0 Å². The summed E-state index contributed by atoms with van der Waals surface area (Å²) in [6.45, 7) is 10.3. The Bertz CT molecular complexity index is 518. The highest BCUT2D eigenvalue weighted by Crippen LogP contribution is 2.08. The molecule has 0 spiro atoms. The van der Waals surface area contributed by atoms with Crippen LogP contribution in [0, 0.1) is 6.92 Å². The van der Waals surface area contributed by atoms with E-state index < -0.39 is 0 Å². The molecule has 2 rings (SSSR count). The monoisotopic (exact) mass is 257 g/mol. The molecule has 3 heteroatoms. The van der Waals surface area contributed by atoms with Crippen molar-refractivity contribution < 1.29 is 0 Å². The molecule has 0 fully saturated rings. The molecule has 0 saturated carbocycles. The second-order valence-corrected chi connectivity index (χ2v) is 6.07. The maximum absolute atomic E-state index is 4.40. The second-order valence-electron chi connectivity index (χ2n) is 6.07. The van der Waals surface area contributed by atoms with Crippen LogP contribution in [0.4, 0.5) is 0 Å². The van der Waals surface area contributed by atoms with Crippen molar-refractivity contribution in [2.24, 2.45) is 0 Å². The van der Waals surface area contributed by atoms with E-state index in [1.807, 2.05) is 23.9 Å². The minimum atomic E-state index is 0.158. The fourth-order valence-electron chi connectivity index (χ4n) is 1.87. The molecule has 2 aromatic rings. The van der Waals surface area contributed by atoms with E-state index in [2.05, 4.69) is 55.5 Å². The molecule has 19 heavy (non-hydrogen) atoms. The molecule has 3 nitrogen and oxygen atoms in total. The van der Waals surface area contributed by atoms with Gasteiger partial charge in [0.05, 0.1) is 12.2 Å². The summed E-state index contributed by atoms with van der Waals surface area (Å²) in [4.78, 5) is 0. The lowest BCUT2D eigenvalue weighted by atomic mass is 10.1. The van der Waals surface area contributed by atoms with Crippen LogP contribution in [0.2, 0.25) is 0 Å². The molecule has 0 aliphatic carbocycles. The maximum Gasteiger partial charge on any atom is 0.0659 e. The second kappa shape index (κ2) is 5.57. The molecular weight excluding hydrogens is 234 g/mol. The van der Waals surface area contributed by atoms with E-state index in [0.29, 0.717) is 0 Å². The van der Waals surface area contributed by atoms with Crippen molar-refractivity contribution in [1.29, 1.82) is 0 Å². The topological polar surface area (TPSA) is 29.9 Å². The summed E-state index contributed by atoms with van der Waals surface area (Å²) >= 11 is 0. The number of rotatable bonds is 4. The third-order valence-electron chi connectivity index (χ3n) is 2.96. The van der Waals surface area contributed by atoms with Gasteiger partial charge in [0.25, 0.3) is 0 Å². The van der Waals surface area contributed by atoms with Gasteiger partial charge in [-0.1, -0.05) is 24.3 Å². The molecule has 0 radical (unpaired) electrons. The molecule has 0 atom stereocenters. The zero-order valence-corrected chi connectivity index (χ0v) is 12.3. The predicted octanol–water partition coefficient (Wildman–Crippen LogP) is 3.13. The Morgan fingerprint density at radius 3 is 2.21 bits per heavy atom. The van der Waals surface area contributed by atoms with E-state index in [1.165, 1.54) is 11.1 Å². The Kier molecular flexibility index (Phi) is 4.05. The molecule has 1 heterocycles. The van der Waals surface area contributed by atoms with Crippen LogP contribution in [0.1, 0.15) is 37.6 Å². The number of hydrogen-bond donors (Lipinski definition) is 1. The van der Waals surface area contributed by atoms with Gasteiger partial charge in [-0.15, -0.1) is 0 Å². The third-order valence-corrected chi connectivity index (χ3v) is 2.96. The van der Waals surface area contributed by atoms with Crippen molar-refractivity contribution in [3.05, 3.63) is 53.3 Å². The summed E-state index contributed by atoms with van der Waals surface area (Å²) < 4.78 is 1.97. The quantitative estimate of drug-likeness (QED) is 0.912. The van der Waals surface area contributed by atoms with E-state index in [1.54, 1.807) is 0 Å². The van der Waals surface area contributed by atoms with Gasteiger partial charge in [0.1, 0.15) is 0 Å². The van der Waals surface area contributed by atoms with Crippen LogP contribution >= 0.6 is 0 Å². The molecule has 0 aliphatic rings. The number of nitrogens with zero attached hydrogens (tertiary/aromatic N) is 2. The lowest BCUT2D eigenvalue weighted by molar-refractivity contribution is 0.424. The van der Waals surface area contributed by atoms with Crippen LogP contribution in [-0.4, -0.2) is 15.3 Å². The molecule has 102 valence electrons. The van der Waals surface area contributed by atoms with Crippen molar-refractivity contribution in [1.82, 2.24) is 15.1 Å². The summed E-state index contributed by atoms with van der Waals surface area (Å²) in [5.41, 5.74) is 3.81. The van der Waals surface area contributed by atoms with E-state index in [-0.39, 0.29) is 5.54 Å². The van der Waals surface area contributed by atoms with Crippen molar-refractivity contribution in [2.75, 3.05) is 0 Å². The Morgan fingerprint density at radius 2 is 1.68 bits per heavy atom. The number of hydrogen-bond acceptors (Lipinski definition) is 2. The molecule has 1 aromatic heterocycles. The first kappa shape index (κ1) is 13.8. The standard InChI is InChI=1S/C16H23N3/c1-13-9-10-19(18-13)12-15-7-5-14(6-8-15)11-17-16(2,3)4/h5-10,17H,11-12H2,1-4H3. The molecular formula is C16H23N3. The van der Waals surface area contributed by atoms with Gasteiger partial charge in [0.15, 0.2) is 0 Å². The van der Waals surface area contributed by atoms with E-state index in [4.69, 9.17) is 0 Å². The molecule has 0 unspecified atom stereocenters. The minimum absolute atomic E-state index is 0.158. The van der Waals surface area contributed by atoms with Crippen LogP contribution in [0.3, 0.4) is 0 Å². The molecule has 1 aromatic carbocycles. The first-order valence-corrected chi connectivity index (χ1v) is 6.75. The third kappa shape index (κ3) is 4.52. The Balaban J connectivity index is 1.95. The van der Waals surface area contributed by atoms with Crippen molar-refractivity contribution in [3.8, 4) is 0 Å². The SMILES string of the molecule is Cc1ccn(Cc2ccc(CNC(C)(C)C)cc2)n1. The van der Waals surface area contributed by atoms with E-state index >= 15 is 0 Å². The van der Waals surface area contributed by atoms with Gasteiger partial charge in [-0.2, -0.15) is 5.10 Å². The average molecular weight is 257 g/mol. The van der Waals surface area contributed by atoms with Crippen LogP contribution in [0.15, 0.2) is 36.5 Å². The van der Waals surface area contributed by atoms with E-state index in [0.717, 1.165) is 18.8 Å². The number of benzene rings is 1. The molecule has 0 saturated heterocycles. The van der Waals surface area contributed by atoms with Crippen LogP contribution in [-0.2, 0) is 13.1 Å². The maximum atomic E-state index is 4.40. The van der Waals surface area contributed by atoms with Crippen LogP contribution in [0.25, 0.3) is 0 Å². The first-order chi connectivity index (χ1) is 8.92. The predicted molar refractivity (Wildman–Crippen MR) is 79.1 cm³/mol. The molecule has 0 aliphatic heterocycles. The van der Waals surface area contributed by atoms with Gasteiger partial charge in [-0.3, -0.25) is 4.68 Å². The number of aryl methyl sites for hydroxylation is 1. The van der Waals surface area contributed by atoms with Gasteiger partial charge in [-0.05, 0) is 44.9 Å². The highest BCUT2D eigenvalue weighted by atomic mass is 15.3. The van der Waals surface area contributed by atoms with Gasteiger partial charge >= 0.3 is 0 Å². The minimum Gasteiger partial charge on any atom is -0.308 e. The summed E-state index contributed by atoms with van der Waals surface area (Å²) in [5, 5.41) is 7.89. The van der Waals surface area contributed by atoms with Crippen LogP contribution in [0.5, 0.6) is 0 Å².